The summed E-state index contributed by atoms with van der Waals surface area (Å²) in [6, 6.07) is 0. The number of carboxylic acid groups (broad SMARTS) is 1. The Morgan fingerprint density at radius 3 is 2.36 bits per heavy atom. The number of hydrogen-bond acceptors (Lipinski definition) is 1. The maximum atomic E-state index is 13.1. The van der Waals surface area contributed by atoms with Gasteiger partial charge in [-0.1, -0.05) is 26.7 Å². The van der Waals surface area contributed by atoms with Gasteiger partial charge in [-0.2, -0.15) is 0 Å². The van der Waals surface area contributed by atoms with Gasteiger partial charge < -0.3 is 5.11 Å². The van der Waals surface area contributed by atoms with Crippen molar-refractivity contribution in [1.29, 1.82) is 0 Å². The van der Waals surface area contributed by atoms with Gasteiger partial charge in [0.15, 0.2) is 0 Å². The van der Waals surface area contributed by atoms with Crippen LogP contribution in [0.1, 0.15) is 46.5 Å². The Balaban J connectivity index is 3.79. The Morgan fingerprint density at radius 2 is 1.93 bits per heavy atom. The Morgan fingerprint density at radius 1 is 1.36 bits per heavy atom. The molecule has 0 aliphatic carbocycles. The first-order chi connectivity index (χ1) is 6.45. The van der Waals surface area contributed by atoms with Crippen molar-refractivity contribution < 1.29 is 14.3 Å². The number of hydrogen-bond donors (Lipinski definition) is 1. The van der Waals surface area contributed by atoms with Gasteiger partial charge in [0, 0.05) is 0 Å². The van der Waals surface area contributed by atoms with Gasteiger partial charge in [0.05, 0.1) is 5.57 Å². The Labute approximate surface area is 84.8 Å². The van der Waals surface area contributed by atoms with Gasteiger partial charge in [0.2, 0.25) is 0 Å². The summed E-state index contributed by atoms with van der Waals surface area (Å²) in [7, 11) is 0. The van der Waals surface area contributed by atoms with Crippen molar-refractivity contribution in [2.75, 3.05) is 0 Å². The number of aliphatic carboxylic acids is 1. The lowest BCUT2D eigenvalue weighted by Crippen LogP contribution is -1.99. The van der Waals surface area contributed by atoms with Crippen molar-refractivity contribution in [2.45, 2.75) is 46.5 Å². The van der Waals surface area contributed by atoms with E-state index in [9.17, 15) is 9.18 Å². The molecule has 0 unspecified atom stereocenters. The summed E-state index contributed by atoms with van der Waals surface area (Å²) in [5.41, 5.74) is -0.158. The molecule has 0 spiro atoms. The largest absolute Gasteiger partial charge is 0.478 e. The van der Waals surface area contributed by atoms with Gasteiger partial charge in [-0.25, -0.2) is 9.18 Å². The van der Waals surface area contributed by atoms with Gasteiger partial charge >= 0.3 is 5.97 Å². The minimum Gasteiger partial charge on any atom is -0.478 e. The molecule has 0 aliphatic rings. The molecule has 82 valence electrons. The quantitative estimate of drug-likeness (QED) is 0.528. The third kappa shape index (κ3) is 5.73. The zero-order valence-electron chi connectivity index (χ0n) is 9.14. The molecule has 0 amide bonds. The Kier molecular flexibility index (Phi) is 6.17. The van der Waals surface area contributed by atoms with Crippen molar-refractivity contribution in [3.63, 3.8) is 0 Å². The van der Waals surface area contributed by atoms with Crippen molar-refractivity contribution in [1.82, 2.24) is 0 Å². The molecule has 0 aromatic heterocycles. The van der Waals surface area contributed by atoms with Crippen LogP contribution in [0, 0.1) is 5.92 Å². The van der Waals surface area contributed by atoms with E-state index in [-0.39, 0.29) is 12.0 Å². The third-order valence-electron chi connectivity index (χ3n) is 2.16. The predicted octanol–water partition coefficient (Wildman–Crippen LogP) is 3.53. The van der Waals surface area contributed by atoms with Crippen LogP contribution in [-0.2, 0) is 4.79 Å². The molecule has 0 aliphatic heterocycles. The molecule has 3 heteroatoms. The molecule has 2 nitrogen and oxygen atoms in total. The standard InChI is InChI=1S/C11H19FO2/c1-8(2)6-4-5-7-10(12)9(3)11(13)14/h8H,4-7H2,1-3H3,(H,13,14). The second-order valence-electron chi connectivity index (χ2n) is 3.97. The summed E-state index contributed by atoms with van der Waals surface area (Å²) in [5.74, 6) is -1.02. The summed E-state index contributed by atoms with van der Waals surface area (Å²) < 4.78 is 13.1. The lowest BCUT2D eigenvalue weighted by molar-refractivity contribution is -0.132. The van der Waals surface area contributed by atoms with Crippen LogP contribution in [0.25, 0.3) is 0 Å². The lowest BCUT2D eigenvalue weighted by Gasteiger charge is -2.03. The molecule has 14 heavy (non-hydrogen) atoms. The maximum Gasteiger partial charge on any atom is 0.333 e. The van der Waals surface area contributed by atoms with Crippen LogP contribution in [0.15, 0.2) is 11.4 Å². The van der Waals surface area contributed by atoms with Crippen LogP contribution >= 0.6 is 0 Å². The van der Waals surface area contributed by atoms with Crippen LogP contribution in [-0.4, -0.2) is 11.1 Å². The average Bonchev–Trinajstić information content (AvgIpc) is 2.10. The van der Waals surface area contributed by atoms with Gasteiger partial charge in [0.25, 0.3) is 0 Å². The number of halogens is 1. The summed E-state index contributed by atoms with van der Waals surface area (Å²) >= 11 is 0. The number of rotatable bonds is 6. The first-order valence-electron chi connectivity index (χ1n) is 5.03. The zero-order chi connectivity index (χ0) is 11.1. The van der Waals surface area contributed by atoms with E-state index >= 15 is 0 Å². The molecule has 0 aromatic rings. The Hall–Kier alpha value is -0.860. The molecule has 0 heterocycles. The summed E-state index contributed by atoms with van der Waals surface area (Å²) in [6.07, 6.45) is 3.01. The predicted molar refractivity (Wildman–Crippen MR) is 54.7 cm³/mol. The average molecular weight is 202 g/mol. The van der Waals surface area contributed by atoms with E-state index in [1.54, 1.807) is 0 Å². The molecule has 0 aromatic carbocycles. The summed E-state index contributed by atoms with van der Waals surface area (Å²) in [5, 5.41) is 8.50. The number of unbranched alkanes of at least 4 members (excludes halogenated alkanes) is 1. The molecule has 0 bridgehead atoms. The molecule has 0 rings (SSSR count). The van der Waals surface area contributed by atoms with E-state index in [2.05, 4.69) is 13.8 Å². The molecule has 0 saturated carbocycles. The van der Waals surface area contributed by atoms with E-state index in [1.165, 1.54) is 6.92 Å². The van der Waals surface area contributed by atoms with Crippen LogP contribution in [0.4, 0.5) is 4.39 Å². The molecule has 0 atom stereocenters. The monoisotopic (exact) mass is 202 g/mol. The van der Waals surface area contributed by atoms with Gasteiger partial charge in [-0.3, -0.25) is 0 Å². The summed E-state index contributed by atoms with van der Waals surface area (Å²) in [4.78, 5) is 10.4. The Bertz CT molecular complexity index is 219. The smallest absolute Gasteiger partial charge is 0.333 e. The molecular weight excluding hydrogens is 183 g/mol. The highest BCUT2D eigenvalue weighted by Gasteiger charge is 2.08. The van der Waals surface area contributed by atoms with E-state index in [1.807, 2.05) is 0 Å². The van der Waals surface area contributed by atoms with Gasteiger partial charge in [-0.15, -0.1) is 0 Å². The van der Waals surface area contributed by atoms with Crippen molar-refractivity contribution in [3.8, 4) is 0 Å². The lowest BCUT2D eigenvalue weighted by atomic mass is 10.0. The van der Waals surface area contributed by atoms with E-state index < -0.39 is 11.8 Å². The van der Waals surface area contributed by atoms with Gasteiger partial charge in [0.1, 0.15) is 5.83 Å². The van der Waals surface area contributed by atoms with Crippen molar-refractivity contribution >= 4 is 5.97 Å². The fourth-order valence-electron chi connectivity index (χ4n) is 1.14. The fraction of sp³-hybridized carbons (Fsp3) is 0.727. The highest BCUT2D eigenvalue weighted by molar-refractivity contribution is 5.86. The number of carboxylic acids is 1. The van der Waals surface area contributed by atoms with E-state index in [0.717, 1.165) is 19.3 Å². The minimum atomic E-state index is -1.16. The highest BCUT2D eigenvalue weighted by atomic mass is 19.1. The molecular formula is C11H19FO2. The van der Waals surface area contributed by atoms with E-state index in [0.29, 0.717) is 5.92 Å². The summed E-state index contributed by atoms with van der Waals surface area (Å²) in [6.45, 7) is 5.55. The van der Waals surface area contributed by atoms with Gasteiger partial charge in [-0.05, 0) is 25.7 Å². The molecule has 0 radical (unpaired) electrons. The van der Waals surface area contributed by atoms with Crippen molar-refractivity contribution in [2.24, 2.45) is 5.92 Å². The van der Waals surface area contributed by atoms with E-state index in [4.69, 9.17) is 5.11 Å². The first-order valence-corrected chi connectivity index (χ1v) is 5.03. The fourth-order valence-corrected chi connectivity index (χ4v) is 1.14. The van der Waals surface area contributed by atoms with Crippen LogP contribution < -0.4 is 0 Å². The van der Waals surface area contributed by atoms with Crippen LogP contribution in [0.5, 0.6) is 0 Å². The maximum absolute atomic E-state index is 13.1. The topological polar surface area (TPSA) is 37.3 Å². The second kappa shape index (κ2) is 6.57. The second-order valence-corrected chi connectivity index (χ2v) is 3.97. The van der Waals surface area contributed by atoms with Crippen LogP contribution in [0.3, 0.4) is 0 Å². The number of carbonyl (C=O) groups is 1. The molecule has 1 N–H and O–H groups in total. The molecule has 0 fully saturated rings. The number of allylic oxidation sites excluding steroid dienone is 1. The third-order valence-corrected chi connectivity index (χ3v) is 2.16. The highest BCUT2D eigenvalue weighted by Crippen LogP contribution is 2.16. The zero-order valence-corrected chi connectivity index (χ0v) is 9.14. The van der Waals surface area contributed by atoms with Crippen LogP contribution in [0.2, 0.25) is 0 Å². The normalized spacial score (nSPS) is 12.9. The van der Waals surface area contributed by atoms with Crippen molar-refractivity contribution in [3.05, 3.63) is 11.4 Å². The SMILES string of the molecule is CC(C(=O)O)=C(F)CCCCC(C)C. The first kappa shape index (κ1) is 13.1. The molecule has 0 saturated heterocycles. The minimum absolute atomic E-state index is 0.158.